The summed E-state index contributed by atoms with van der Waals surface area (Å²) in [5.41, 5.74) is 3.16. The molecule has 0 heterocycles. The Hall–Kier alpha value is -2.19. The molecule has 0 spiro atoms. The summed E-state index contributed by atoms with van der Waals surface area (Å²) in [7, 11) is 2.87. The van der Waals surface area contributed by atoms with Gasteiger partial charge in [0.25, 0.3) is 0 Å². The summed E-state index contributed by atoms with van der Waals surface area (Å²) in [6.45, 7) is 3.42. The van der Waals surface area contributed by atoms with Crippen LogP contribution in [0.15, 0.2) is 42.8 Å². The highest BCUT2D eigenvalue weighted by atomic mass is 16.5. The third-order valence-electron chi connectivity index (χ3n) is 1.92. The molecule has 0 radical (unpaired) electrons. The van der Waals surface area contributed by atoms with Crippen LogP contribution >= 0.6 is 0 Å². The predicted molar refractivity (Wildman–Crippen MR) is 61.6 cm³/mol. The summed E-state index contributed by atoms with van der Waals surface area (Å²) in [5, 5.41) is 0. The second kappa shape index (κ2) is 5.63. The third kappa shape index (κ3) is 2.65. The van der Waals surface area contributed by atoms with Crippen LogP contribution in [0.1, 0.15) is 0 Å². The average molecular weight is 219 g/mol. The number of amides is 1. The Morgan fingerprint density at radius 2 is 2.25 bits per heavy atom. The van der Waals surface area contributed by atoms with Gasteiger partial charge in [0, 0.05) is 6.07 Å². The molecule has 0 aliphatic heterocycles. The Morgan fingerprint density at radius 1 is 1.50 bits per heavy atom. The topological polar surface area (TPSA) is 38.8 Å². The standard InChI is InChI=1S/C12H13NO3/c1-4-8-13(12(14)16-3)10-6-5-7-11(9-10)15-2/h5-9H,1H2,2-3H3. The monoisotopic (exact) mass is 219 g/mol. The van der Waals surface area contributed by atoms with E-state index in [9.17, 15) is 4.79 Å². The van der Waals surface area contributed by atoms with Crippen molar-refractivity contribution in [2.75, 3.05) is 19.1 Å². The van der Waals surface area contributed by atoms with Crippen LogP contribution in [0.5, 0.6) is 5.75 Å². The van der Waals surface area contributed by atoms with Crippen LogP contribution < -0.4 is 9.64 Å². The number of nitrogens with zero attached hydrogens (tertiary/aromatic N) is 1. The van der Waals surface area contributed by atoms with Gasteiger partial charge < -0.3 is 9.47 Å². The van der Waals surface area contributed by atoms with Crippen molar-refractivity contribution in [3.05, 3.63) is 42.8 Å². The number of hydrogen-bond donors (Lipinski definition) is 0. The second-order valence-corrected chi connectivity index (χ2v) is 2.87. The van der Waals surface area contributed by atoms with Gasteiger partial charge in [-0.3, -0.25) is 0 Å². The van der Waals surface area contributed by atoms with Crippen LogP contribution in [0, 0.1) is 0 Å². The number of benzene rings is 1. The Bertz CT molecular complexity index is 422. The second-order valence-electron chi connectivity index (χ2n) is 2.87. The third-order valence-corrected chi connectivity index (χ3v) is 1.92. The van der Waals surface area contributed by atoms with Crippen molar-refractivity contribution in [2.45, 2.75) is 0 Å². The Morgan fingerprint density at radius 3 is 2.81 bits per heavy atom. The van der Waals surface area contributed by atoms with Crippen molar-refractivity contribution < 1.29 is 14.3 Å². The smallest absolute Gasteiger partial charge is 0.418 e. The minimum Gasteiger partial charge on any atom is -0.497 e. The number of carbonyl (C=O) groups excluding carboxylic acids is 1. The SMILES string of the molecule is C=C=CN(C(=O)OC)c1cccc(OC)c1. The highest BCUT2D eigenvalue weighted by molar-refractivity contribution is 5.89. The lowest BCUT2D eigenvalue weighted by molar-refractivity contribution is 0.181. The maximum absolute atomic E-state index is 11.5. The zero-order chi connectivity index (χ0) is 12.0. The van der Waals surface area contributed by atoms with Crippen LogP contribution in [0.3, 0.4) is 0 Å². The van der Waals surface area contributed by atoms with Gasteiger partial charge in [-0.25, -0.2) is 9.69 Å². The fourth-order valence-corrected chi connectivity index (χ4v) is 1.18. The molecule has 0 fully saturated rings. The van der Waals surface area contributed by atoms with Gasteiger partial charge in [-0.2, -0.15) is 0 Å². The molecular weight excluding hydrogens is 206 g/mol. The lowest BCUT2D eigenvalue weighted by atomic mass is 10.3. The molecule has 0 aromatic heterocycles. The molecule has 1 amide bonds. The molecule has 0 aliphatic carbocycles. The highest BCUT2D eigenvalue weighted by Crippen LogP contribution is 2.21. The first-order chi connectivity index (χ1) is 7.72. The van der Waals surface area contributed by atoms with Gasteiger partial charge >= 0.3 is 6.09 Å². The zero-order valence-corrected chi connectivity index (χ0v) is 9.27. The molecule has 0 bridgehead atoms. The molecule has 4 heteroatoms. The number of ether oxygens (including phenoxy) is 2. The molecule has 0 unspecified atom stereocenters. The maximum atomic E-state index is 11.5. The van der Waals surface area contributed by atoms with E-state index in [1.54, 1.807) is 31.4 Å². The molecule has 1 aromatic rings. The van der Waals surface area contributed by atoms with Crippen molar-refractivity contribution in [1.82, 2.24) is 0 Å². The van der Waals surface area contributed by atoms with E-state index in [1.165, 1.54) is 18.2 Å². The summed E-state index contributed by atoms with van der Waals surface area (Å²) in [6.07, 6.45) is 0.894. The van der Waals surface area contributed by atoms with Gasteiger partial charge in [0.15, 0.2) is 0 Å². The lowest BCUT2D eigenvalue weighted by Crippen LogP contribution is -2.24. The van der Waals surface area contributed by atoms with E-state index in [2.05, 4.69) is 17.0 Å². The summed E-state index contributed by atoms with van der Waals surface area (Å²) in [6, 6.07) is 7.04. The van der Waals surface area contributed by atoms with E-state index in [4.69, 9.17) is 4.74 Å². The Labute approximate surface area is 94.4 Å². The predicted octanol–water partition coefficient (Wildman–Crippen LogP) is 2.57. The Kier molecular flexibility index (Phi) is 4.18. The molecule has 1 aromatic carbocycles. The lowest BCUT2D eigenvalue weighted by Gasteiger charge is -2.16. The van der Waals surface area contributed by atoms with Gasteiger partial charge in [-0.05, 0) is 12.1 Å². The van der Waals surface area contributed by atoms with Crippen LogP contribution in [-0.2, 0) is 4.74 Å². The summed E-state index contributed by atoms with van der Waals surface area (Å²) >= 11 is 0. The van der Waals surface area contributed by atoms with E-state index in [0.717, 1.165) is 0 Å². The summed E-state index contributed by atoms with van der Waals surface area (Å²) in [5.74, 6) is 0.656. The minimum atomic E-state index is -0.510. The number of carbonyl (C=O) groups is 1. The van der Waals surface area contributed by atoms with Crippen LogP contribution in [0.25, 0.3) is 0 Å². The molecule has 0 atom stereocenters. The average Bonchev–Trinajstić information content (AvgIpc) is 2.35. The highest BCUT2D eigenvalue weighted by Gasteiger charge is 2.13. The largest absolute Gasteiger partial charge is 0.497 e. The number of hydrogen-bond acceptors (Lipinski definition) is 3. The van der Waals surface area contributed by atoms with Gasteiger partial charge in [0.05, 0.1) is 26.1 Å². The van der Waals surface area contributed by atoms with Crippen molar-refractivity contribution in [3.8, 4) is 5.75 Å². The van der Waals surface area contributed by atoms with Crippen LogP contribution in [0.4, 0.5) is 10.5 Å². The fourth-order valence-electron chi connectivity index (χ4n) is 1.18. The van der Waals surface area contributed by atoms with Gasteiger partial charge in [-0.1, -0.05) is 12.6 Å². The number of methoxy groups -OCH3 is 2. The summed E-state index contributed by atoms with van der Waals surface area (Å²) in [4.78, 5) is 12.8. The van der Waals surface area contributed by atoms with Gasteiger partial charge in [0.2, 0.25) is 0 Å². The molecule has 84 valence electrons. The quantitative estimate of drug-likeness (QED) is 0.733. The molecule has 0 aliphatic rings. The van der Waals surface area contributed by atoms with E-state index >= 15 is 0 Å². The Balaban J connectivity index is 3.10. The van der Waals surface area contributed by atoms with E-state index < -0.39 is 6.09 Å². The first-order valence-electron chi connectivity index (χ1n) is 4.60. The zero-order valence-electron chi connectivity index (χ0n) is 9.27. The normalized spacial score (nSPS) is 8.88. The van der Waals surface area contributed by atoms with E-state index in [-0.39, 0.29) is 0 Å². The molecular formula is C12H13NO3. The van der Waals surface area contributed by atoms with E-state index in [1.807, 2.05) is 0 Å². The number of anilines is 1. The molecule has 1 rings (SSSR count). The first-order valence-corrected chi connectivity index (χ1v) is 4.60. The molecule has 0 saturated carbocycles. The van der Waals surface area contributed by atoms with E-state index in [0.29, 0.717) is 11.4 Å². The fraction of sp³-hybridized carbons (Fsp3) is 0.167. The molecule has 16 heavy (non-hydrogen) atoms. The van der Waals surface area contributed by atoms with Crippen molar-refractivity contribution >= 4 is 11.8 Å². The first kappa shape index (κ1) is 11.9. The van der Waals surface area contributed by atoms with Crippen molar-refractivity contribution in [2.24, 2.45) is 0 Å². The van der Waals surface area contributed by atoms with Crippen LogP contribution in [-0.4, -0.2) is 20.3 Å². The summed E-state index contributed by atoms with van der Waals surface area (Å²) < 4.78 is 9.71. The minimum absolute atomic E-state index is 0.510. The molecule has 0 N–H and O–H groups in total. The van der Waals surface area contributed by atoms with Crippen LogP contribution in [0.2, 0.25) is 0 Å². The molecule has 0 saturated heterocycles. The van der Waals surface area contributed by atoms with Crippen molar-refractivity contribution in [1.29, 1.82) is 0 Å². The van der Waals surface area contributed by atoms with Gasteiger partial charge in [-0.15, -0.1) is 5.73 Å². The van der Waals surface area contributed by atoms with Gasteiger partial charge in [0.1, 0.15) is 5.75 Å². The maximum Gasteiger partial charge on any atom is 0.418 e. The van der Waals surface area contributed by atoms with Crippen molar-refractivity contribution in [3.63, 3.8) is 0 Å². The molecule has 4 nitrogen and oxygen atoms in total. The number of rotatable bonds is 3.